The number of anilines is 3. The van der Waals surface area contributed by atoms with E-state index in [2.05, 4.69) is 243 Å². The highest BCUT2D eigenvalue weighted by Crippen LogP contribution is 2.63. The average molecular weight is 932 g/mol. The summed E-state index contributed by atoms with van der Waals surface area (Å²) in [4.78, 5) is 2.39. The zero-order chi connectivity index (χ0) is 48.2. The first-order chi connectivity index (χ1) is 35.9. The van der Waals surface area contributed by atoms with Crippen molar-refractivity contribution in [2.75, 3.05) is 4.90 Å². The van der Waals surface area contributed by atoms with Crippen molar-refractivity contribution in [3.8, 4) is 55.6 Å². The second-order valence-corrected chi connectivity index (χ2v) is 20.7. The van der Waals surface area contributed by atoms with E-state index in [1.165, 1.54) is 66.8 Å². The molecule has 11 aromatic carbocycles. The number of nitrogens with zero attached hydrogens (tertiary/aromatic N) is 1. The molecule has 1 spiro atoms. The van der Waals surface area contributed by atoms with Gasteiger partial charge >= 0.3 is 0 Å². The molecule has 0 amide bonds. The minimum absolute atomic E-state index is 0.145. The van der Waals surface area contributed by atoms with Crippen LogP contribution < -0.4 is 4.90 Å². The summed E-state index contributed by atoms with van der Waals surface area (Å²) in [6, 6.07) is 86.9. The Bertz CT molecular complexity index is 4420. The SMILES string of the molecule is CC1(C)c2ccccc2-c2ccc(N(c3ccc(-c4cccc5c4oc4ccccc45)cc3)c3ccc(-c4cccc5c4oc4cc6c(cc45)C4(c5ccccc5-c5ccccc54)c4ccccc4-6)cc3)cc21. The predicted molar refractivity (Wildman–Crippen MR) is 300 cm³/mol. The number of hydrogen-bond acceptors (Lipinski definition) is 3. The van der Waals surface area contributed by atoms with Gasteiger partial charge in [0.2, 0.25) is 0 Å². The zero-order valence-corrected chi connectivity index (χ0v) is 40.3. The van der Waals surface area contributed by atoms with Gasteiger partial charge in [-0.25, -0.2) is 0 Å². The van der Waals surface area contributed by atoms with Crippen LogP contribution >= 0.6 is 0 Å². The van der Waals surface area contributed by atoms with Crippen LogP contribution in [0, 0.1) is 0 Å². The van der Waals surface area contributed by atoms with Crippen LogP contribution in [0.15, 0.2) is 245 Å². The Hall–Kier alpha value is -9.18. The molecule has 0 radical (unpaired) electrons. The van der Waals surface area contributed by atoms with E-state index in [-0.39, 0.29) is 5.41 Å². The summed E-state index contributed by atoms with van der Waals surface area (Å²) in [7, 11) is 0. The maximum Gasteiger partial charge on any atom is 0.143 e. The predicted octanol–water partition coefficient (Wildman–Crippen LogP) is 18.9. The van der Waals surface area contributed by atoms with Crippen LogP contribution in [-0.2, 0) is 10.8 Å². The van der Waals surface area contributed by atoms with Crippen molar-refractivity contribution in [3.63, 3.8) is 0 Å². The van der Waals surface area contributed by atoms with Crippen LogP contribution in [0.25, 0.3) is 99.5 Å². The normalized spacial score (nSPS) is 14.1. The highest BCUT2D eigenvalue weighted by molar-refractivity contribution is 6.13. The van der Waals surface area contributed by atoms with Gasteiger partial charge in [0, 0.05) is 55.1 Å². The lowest BCUT2D eigenvalue weighted by molar-refractivity contribution is 0.660. The van der Waals surface area contributed by atoms with Gasteiger partial charge in [-0.1, -0.05) is 196 Å². The number of fused-ring (bicyclic) bond motifs is 19. The second kappa shape index (κ2) is 14.7. The van der Waals surface area contributed by atoms with Gasteiger partial charge in [-0.05, 0) is 132 Å². The van der Waals surface area contributed by atoms with E-state index in [9.17, 15) is 0 Å². The Morgan fingerprint density at radius 1 is 0.288 bits per heavy atom. The largest absolute Gasteiger partial charge is 0.455 e. The fraction of sp³-hybridized carbons (Fsp3) is 0.0571. The first kappa shape index (κ1) is 40.5. The number of rotatable bonds is 5. The monoisotopic (exact) mass is 931 g/mol. The summed E-state index contributed by atoms with van der Waals surface area (Å²) in [5.41, 5.74) is 26.4. The zero-order valence-electron chi connectivity index (χ0n) is 40.3. The fourth-order valence-electron chi connectivity index (χ4n) is 13.4. The quantitative estimate of drug-likeness (QED) is 0.172. The second-order valence-electron chi connectivity index (χ2n) is 20.7. The van der Waals surface area contributed by atoms with E-state index >= 15 is 0 Å². The van der Waals surface area contributed by atoms with E-state index in [1.54, 1.807) is 0 Å². The van der Waals surface area contributed by atoms with Gasteiger partial charge in [0.25, 0.3) is 0 Å². The van der Waals surface area contributed by atoms with Crippen LogP contribution in [0.1, 0.15) is 47.2 Å². The molecule has 16 rings (SSSR count). The molecule has 342 valence electrons. The van der Waals surface area contributed by atoms with Crippen molar-refractivity contribution in [1.82, 2.24) is 0 Å². The smallest absolute Gasteiger partial charge is 0.143 e. The van der Waals surface area contributed by atoms with Crippen LogP contribution in [0.4, 0.5) is 17.1 Å². The lowest BCUT2D eigenvalue weighted by Crippen LogP contribution is -2.25. The maximum absolute atomic E-state index is 7.05. The minimum atomic E-state index is -0.419. The average Bonchev–Trinajstić information content (AvgIpc) is 4.22. The van der Waals surface area contributed by atoms with E-state index in [0.29, 0.717) is 0 Å². The van der Waals surface area contributed by atoms with E-state index in [1.807, 2.05) is 12.1 Å². The molecular weight excluding hydrogens is 887 g/mol. The van der Waals surface area contributed by atoms with Gasteiger partial charge in [0.1, 0.15) is 22.3 Å². The van der Waals surface area contributed by atoms with Crippen LogP contribution in [-0.4, -0.2) is 0 Å². The highest BCUT2D eigenvalue weighted by Gasteiger charge is 2.51. The lowest BCUT2D eigenvalue weighted by Gasteiger charge is -2.30. The third-order valence-corrected chi connectivity index (χ3v) is 16.7. The molecule has 0 saturated carbocycles. The van der Waals surface area contributed by atoms with E-state index in [4.69, 9.17) is 8.83 Å². The number of benzene rings is 11. The lowest BCUT2D eigenvalue weighted by atomic mass is 9.70. The standard InChI is InChI=1S/C70H45NO2/c1-69(2)59-24-8-3-15-49(59)53-38-37-46(39-63(53)69)71(44-33-29-42(30-34-44)47-20-13-22-55-54-19-7-12-28-65(54)72-67(47)55)45-35-31-43(32-36-45)48-21-14-23-56-58-40-64-57(41-66(58)73-68(48)56)52-18-6-11-27-62(52)70(64)60-25-9-4-16-50(60)51-17-5-10-26-61(51)70/h3-41H,1-2H3. The molecular formula is C70H45NO2. The van der Waals surface area contributed by atoms with Crippen molar-refractivity contribution in [1.29, 1.82) is 0 Å². The van der Waals surface area contributed by atoms with Crippen molar-refractivity contribution in [3.05, 3.63) is 270 Å². The molecule has 73 heavy (non-hydrogen) atoms. The molecule has 3 nitrogen and oxygen atoms in total. The van der Waals surface area contributed by atoms with Crippen molar-refractivity contribution in [2.45, 2.75) is 24.7 Å². The fourth-order valence-corrected chi connectivity index (χ4v) is 13.4. The van der Waals surface area contributed by atoms with E-state index in [0.717, 1.165) is 83.2 Å². The third kappa shape index (κ3) is 5.43. The molecule has 0 unspecified atom stereocenters. The molecule has 0 fully saturated rings. The summed E-state index contributed by atoms with van der Waals surface area (Å²) in [6.45, 7) is 4.70. The Balaban J connectivity index is 0.823. The molecule has 0 saturated heterocycles. The van der Waals surface area contributed by atoms with Crippen LogP contribution in [0.2, 0.25) is 0 Å². The molecule has 2 aromatic heterocycles. The summed E-state index contributed by atoms with van der Waals surface area (Å²) < 4.78 is 13.5. The topological polar surface area (TPSA) is 29.5 Å². The van der Waals surface area contributed by atoms with E-state index < -0.39 is 5.41 Å². The minimum Gasteiger partial charge on any atom is -0.455 e. The summed E-state index contributed by atoms with van der Waals surface area (Å²) in [6.07, 6.45) is 0. The summed E-state index contributed by atoms with van der Waals surface area (Å²) in [5.74, 6) is 0. The Morgan fingerprint density at radius 3 is 1.33 bits per heavy atom. The molecule has 0 aliphatic heterocycles. The van der Waals surface area contributed by atoms with Gasteiger partial charge in [0.15, 0.2) is 0 Å². The first-order valence-electron chi connectivity index (χ1n) is 25.4. The summed E-state index contributed by atoms with van der Waals surface area (Å²) in [5, 5.41) is 4.51. The Morgan fingerprint density at radius 2 is 0.726 bits per heavy atom. The van der Waals surface area contributed by atoms with Gasteiger partial charge in [-0.15, -0.1) is 0 Å². The highest BCUT2D eigenvalue weighted by atomic mass is 16.3. The first-order valence-corrected chi connectivity index (χ1v) is 25.4. The number of hydrogen-bond donors (Lipinski definition) is 0. The molecule has 13 aromatic rings. The molecule has 3 aliphatic rings. The molecule has 3 heteroatoms. The van der Waals surface area contributed by atoms with Crippen LogP contribution in [0.3, 0.4) is 0 Å². The van der Waals surface area contributed by atoms with Gasteiger partial charge in [-0.2, -0.15) is 0 Å². The van der Waals surface area contributed by atoms with Gasteiger partial charge < -0.3 is 13.7 Å². The third-order valence-electron chi connectivity index (χ3n) is 16.7. The molecule has 0 N–H and O–H groups in total. The van der Waals surface area contributed by atoms with Gasteiger partial charge in [-0.3, -0.25) is 0 Å². The maximum atomic E-state index is 7.05. The molecule has 0 bridgehead atoms. The molecule has 3 aliphatic carbocycles. The Labute approximate surface area is 422 Å². The van der Waals surface area contributed by atoms with Crippen molar-refractivity contribution >= 4 is 60.9 Å². The van der Waals surface area contributed by atoms with Crippen LogP contribution in [0.5, 0.6) is 0 Å². The van der Waals surface area contributed by atoms with Crippen molar-refractivity contribution in [2.24, 2.45) is 0 Å². The number of furan rings is 2. The Kier molecular flexibility index (Phi) is 8.16. The molecule has 2 heterocycles. The van der Waals surface area contributed by atoms with Crippen molar-refractivity contribution < 1.29 is 8.83 Å². The summed E-state index contributed by atoms with van der Waals surface area (Å²) >= 11 is 0. The number of para-hydroxylation sites is 3. The molecule has 0 atom stereocenters. The van der Waals surface area contributed by atoms with Gasteiger partial charge in [0.05, 0.1) is 5.41 Å².